The number of nitrogens with one attached hydrogen (secondary N) is 1. The minimum atomic E-state index is -0.608. The molecule has 10 nitrogen and oxygen atoms in total. The minimum Gasteiger partial charge on any atom is -0.379 e. The van der Waals surface area contributed by atoms with Gasteiger partial charge in [0, 0.05) is 36.6 Å². The zero-order valence-electron chi connectivity index (χ0n) is 22.1. The Bertz CT molecular complexity index is 1820. The number of benzene rings is 2. The molecule has 0 unspecified atom stereocenters. The number of fused-ring (bicyclic) bond motifs is 1. The number of aromatic amines is 1. The van der Waals surface area contributed by atoms with E-state index in [0.29, 0.717) is 48.9 Å². The van der Waals surface area contributed by atoms with Crippen LogP contribution in [0.3, 0.4) is 0 Å². The molecule has 1 N–H and O–H groups in total. The molecule has 1 aliphatic rings. The van der Waals surface area contributed by atoms with Gasteiger partial charge in [-0.25, -0.2) is 9.59 Å². The highest BCUT2D eigenvalue weighted by atomic mass is 32.1. The molecule has 40 heavy (non-hydrogen) atoms. The zero-order valence-corrected chi connectivity index (χ0v) is 22.9. The molecule has 2 aromatic carbocycles. The van der Waals surface area contributed by atoms with Crippen LogP contribution in [0.2, 0.25) is 0 Å². The highest BCUT2D eigenvalue weighted by Gasteiger charge is 2.18. The first-order valence-corrected chi connectivity index (χ1v) is 14.1. The van der Waals surface area contributed by atoms with Crippen LogP contribution in [0.15, 0.2) is 73.5 Å². The molecule has 1 aliphatic heterocycles. The topological polar surface area (TPSA) is 115 Å². The van der Waals surface area contributed by atoms with Crippen molar-refractivity contribution in [2.45, 2.75) is 26.4 Å². The lowest BCUT2D eigenvalue weighted by atomic mass is 9.98. The molecule has 0 radical (unpaired) electrons. The van der Waals surface area contributed by atoms with E-state index in [1.54, 1.807) is 4.57 Å². The van der Waals surface area contributed by atoms with Gasteiger partial charge in [0.25, 0.3) is 5.56 Å². The largest absolute Gasteiger partial charge is 0.439 e. The smallest absolute Gasteiger partial charge is 0.379 e. The molecule has 0 bridgehead atoms. The van der Waals surface area contributed by atoms with E-state index < -0.39 is 5.76 Å². The monoisotopic (exact) mass is 559 g/mol. The first-order valence-electron chi connectivity index (χ1n) is 13.3. The Kier molecular flexibility index (Phi) is 7.33. The Labute approximate surface area is 233 Å². The van der Waals surface area contributed by atoms with Gasteiger partial charge in [0.05, 0.1) is 25.1 Å². The fourth-order valence-corrected chi connectivity index (χ4v) is 6.16. The van der Waals surface area contributed by atoms with Crippen molar-refractivity contribution in [3.8, 4) is 22.5 Å². The number of aromatic nitrogens is 4. The third-order valence-corrected chi connectivity index (χ3v) is 8.57. The lowest BCUT2D eigenvalue weighted by molar-refractivity contribution is 0.0361. The van der Waals surface area contributed by atoms with E-state index in [4.69, 9.17) is 9.26 Å². The summed E-state index contributed by atoms with van der Waals surface area (Å²) in [5.74, 6) is -0.245. The zero-order chi connectivity index (χ0) is 27.6. The van der Waals surface area contributed by atoms with Gasteiger partial charge >= 0.3 is 11.4 Å². The van der Waals surface area contributed by atoms with Gasteiger partial charge in [-0.2, -0.15) is 0 Å². The number of hydrogen-bond donors (Lipinski definition) is 1. The quantitative estimate of drug-likeness (QED) is 0.311. The number of rotatable bonds is 8. The second kappa shape index (κ2) is 11.2. The number of aryl methyl sites for hydroxylation is 1. The van der Waals surface area contributed by atoms with Gasteiger partial charge in [-0.1, -0.05) is 60.6 Å². The lowest BCUT2D eigenvalue weighted by Crippen LogP contribution is -2.44. The lowest BCUT2D eigenvalue weighted by Gasteiger charge is -2.26. The molecule has 4 heterocycles. The number of ether oxygens (including phenoxy) is 1. The molecule has 5 aromatic rings. The first-order chi connectivity index (χ1) is 19.5. The second-order valence-electron chi connectivity index (χ2n) is 9.75. The highest BCUT2D eigenvalue weighted by Crippen LogP contribution is 2.30. The maximum Gasteiger partial charge on any atom is 0.439 e. The van der Waals surface area contributed by atoms with Crippen molar-refractivity contribution in [3.63, 3.8) is 0 Å². The number of hydrogen-bond acceptors (Lipinski definition) is 8. The first kappa shape index (κ1) is 26.2. The number of nitrogens with zero attached hydrogens (tertiary/aromatic N) is 4. The van der Waals surface area contributed by atoms with Gasteiger partial charge in [0.1, 0.15) is 4.83 Å². The summed E-state index contributed by atoms with van der Waals surface area (Å²) in [6, 6.07) is 17.5. The molecule has 3 aromatic heterocycles. The van der Waals surface area contributed by atoms with E-state index in [9.17, 15) is 14.4 Å². The summed E-state index contributed by atoms with van der Waals surface area (Å²) >= 11 is 1.51. The Morgan fingerprint density at radius 2 is 1.70 bits per heavy atom. The van der Waals surface area contributed by atoms with Crippen molar-refractivity contribution in [3.05, 3.63) is 96.4 Å². The van der Waals surface area contributed by atoms with Crippen molar-refractivity contribution >= 4 is 21.6 Å². The van der Waals surface area contributed by atoms with Crippen molar-refractivity contribution in [2.24, 2.45) is 0 Å². The van der Waals surface area contributed by atoms with E-state index in [0.717, 1.165) is 46.6 Å². The van der Waals surface area contributed by atoms with E-state index in [1.165, 1.54) is 15.9 Å². The summed E-state index contributed by atoms with van der Waals surface area (Å²) in [7, 11) is 0. The Morgan fingerprint density at radius 1 is 0.950 bits per heavy atom. The summed E-state index contributed by atoms with van der Waals surface area (Å²) in [6.45, 7) is 6.28. The molecule has 0 aliphatic carbocycles. The van der Waals surface area contributed by atoms with Crippen LogP contribution in [0.4, 0.5) is 0 Å². The molecule has 1 fully saturated rings. The van der Waals surface area contributed by atoms with E-state index in [1.807, 2.05) is 54.6 Å². The summed E-state index contributed by atoms with van der Waals surface area (Å²) in [4.78, 5) is 45.2. The predicted molar refractivity (Wildman–Crippen MR) is 154 cm³/mol. The van der Waals surface area contributed by atoms with Gasteiger partial charge in [-0.15, -0.1) is 11.3 Å². The summed E-state index contributed by atoms with van der Waals surface area (Å²) in [6.07, 6.45) is 0.797. The van der Waals surface area contributed by atoms with Crippen molar-refractivity contribution in [1.82, 2.24) is 24.2 Å². The van der Waals surface area contributed by atoms with Crippen LogP contribution in [0, 0.1) is 0 Å². The number of morpholine rings is 1. The van der Waals surface area contributed by atoms with Gasteiger partial charge < -0.3 is 4.74 Å². The van der Waals surface area contributed by atoms with Crippen LogP contribution in [-0.2, 0) is 24.2 Å². The molecule has 0 spiro atoms. The third-order valence-electron chi connectivity index (χ3n) is 7.27. The minimum absolute atomic E-state index is 0.224. The van der Waals surface area contributed by atoms with Crippen LogP contribution in [-0.4, -0.2) is 57.0 Å². The van der Waals surface area contributed by atoms with E-state index in [-0.39, 0.29) is 11.2 Å². The third kappa shape index (κ3) is 5.10. The van der Waals surface area contributed by atoms with Gasteiger partial charge in [0.15, 0.2) is 5.82 Å². The normalized spacial score (nSPS) is 14.2. The van der Waals surface area contributed by atoms with Crippen LogP contribution in [0.1, 0.15) is 17.4 Å². The Hall–Kier alpha value is -4.06. The van der Waals surface area contributed by atoms with Gasteiger partial charge in [0.2, 0.25) is 0 Å². The van der Waals surface area contributed by atoms with Crippen molar-refractivity contribution in [1.29, 1.82) is 0 Å². The number of H-pyrrole nitrogens is 1. The predicted octanol–water partition coefficient (Wildman–Crippen LogP) is 3.18. The average molecular weight is 560 g/mol. The summed E-state index contributed by atoms with van der Waals surface area (Å²) in [5.41, 5.74) is 2.99. The molecular weight excluding hydrogens is 530 g/mol. The van der Waals surface area contributed by atoms with Crippen LogP contribution in [0.5, 0.6) is 0 Å². The van der Waals surface area contributed by atoms with E-state index >= 15 is 0 Å². The average Bonchev–Trinajstić information content (AvgIpc) is 3.63. The molecule has 0 atom stereocenters. The second-order valence-corrected chi connectivity index (χ2v) is 10.9. The van der Waals surface area contributed by atoms with Crippen molar-refractivity contribution < 1.29 is 9.26 Å². The van der Waals surface area contributed by atoms with Gasteiger partial charge in [-0.3, -0.25) is 28.3 Å². The standard InChI is InChI=1S/C29H29N5O5S/c1-2-21-17-24-26(35)33(12-11-32-13-15-38-16-14-32)29(37)34(27(24)40-21)18-19-7-9-20(10-8-19)22-5-3-4-6-23(22)25-30-28(36)39-31-25/h3-10,17H,2,11-16,18H2,1H3,(H,30,31,36). The molecule has 6 rings (SSSR count). The summed E-state index contributed by atoms with van der Waals surface area (Å²) in [5, 5.41) is 4.43. The Balaban J connectivity index is 1.34. The van der Waals surface area contributed by atoms with Crippen LogP contribution >= 0.6 is 11.3 Å². The number of thiophene rings is 1. The Morgan fingerprint density at radius 3 is 2.40 bits per heavy atom. The molecule has 0 amide bonds. The molecular formula is C29H29N5O5S. The SMILES string of the molecule is CCc1cc2c(=O)n(CCN3CCOCC3)c(=O)n(Cc3ccc(-c4ccccc4-c4noc(=O)[nH]4)cc3)c2s1. The molecule has 1 saturated heterocycles. The summed E-state index contributed by atoms with van der Waals surface area (Å²) < 4.78 is 13.2. The fraction of sp³-hybridized carbons (Fsp3) is 0.310. The molecule has 0 saturated carbocycles. The molecule has 206 valence electrons. The van der Waals surface area contributed by atoms with Crippen molar-refractivity contribution in [2.75, 3.05) is 32.8 Å². The highest BCUT2D eigenvalue weighted by molar-refractivity contribution is 7.18. The van der Waals surface area contributed by atoms with Crippen LogP contribution < -0.4 is 17.0 Å². The maximum atomic E-state index is 13.7. The fourth-order valence-electron chi connectivity index (χ4n) is 5.09. The van der Waals surface area contributed by atoms with Gasteiger partial charge in [-0.05, 0) is 29.2 Å². The van der Waals surface area contributed by atoms with Crippen LogP contribution in [0.25, 0.3) is 32.7 Å². The maximum absolute atomic E-state index is 13.7. The van der Waals surface area contributed by atoms with E-state index in [2.05, 4.69) is 22.0 Å². The molecule has 11 heteroatoms.